The molecule has 36 heavy (non-hydrogen) atoms. The first-order valence-electron chi connectivity index (χ1n) is 10.7. The van der Waals surface area contributed by atoms with Crippen LogP contribution in [0.3, 0.4) is 0 Å². The standard InChI is InChI=1S/C22H18F3N9O2/c1-31-11-27-18(30-31)10-34-21(35)14(4-12-5-15(23)19(25)16(24)6-12)20(33(3-2-26)22(34)36)32-8-13-7-28-29-17(13)9-32/h5-7,11H,3-4,8-10H2,1H3,(H,28,29). The number of rotatable bonds is 6. The smallest absolute Gasteiger partial charge is 0.333 e. The molecule has 14 heteroatoms. The SMILES string of the molecule is Cn1cnc(Cn2c(=O)c(Cc3cc(F)c(F)c(F)c3)c(N3Cc4cn[nH]c4C3)n(CC#N)c2=O)n1. The van der Waals surface area contributed by atoms with Crippen LogP contribution < -0.4 is 16.1 Å². The zero-order chi connectivity index (χ0) is 25.6. The summed E-state index contributed by atoms with van der Waals surface area (Å²) in [7, 11) is 1.62. The Morgan fingerprint density at radius 2 is 1.89 bits per heavy atom. The molecule has 0 fully saturated rings. The number of nitrogens with one attached hydrogen (secondary N) is 1. The Bertz CT molecular complexity index is 1600. The Kier molecular flexibility index (Phi) is 5.67. The summed E-state index contributed by atoms with van der Waals surface area (Å²) in [5.74, 6) is -4.13. The molecule has 0 saturated heterocycles. The van der Waals surface area contributed by atoms with Gasteiger partial charge in [-0.15, -0.1) is 0 Å². The van der Waals surface area contributed by atoms with Gasteiger partial charge in [-0.2, -0.15) is 15.5 Å². The molecule has 0 radical (unpaired) electrons. The van der Waals surface area contributed by atoms with Gasteiger partial charge in [0.05, 0.1) is 36.6 Å². The van der Waals surface area contributed by atoms with Crippen molar-refractivity contribution >= 4 is 5.82 Å². The first kappa shape index (κ1) is 23.1. The number of hydrogen-bond acceptors (Lipinski definition) is 7. The van der Waals surface area contributed by atoms with Gasteiger partial charge in [0.15, 0.2) is 23.3 Å². The molecule has 0 saturated carbocycles. The molecule has 3 aromatic heterocycles. The van der Waals surface area contributed by atoms with Crippen LogP contribution >= 0.6 is 0 Å². The number of fused-ring (bicyclic) bond motifs is 1. The van der Waals surface area contributed by atoms with Crippen molar-refractivity contribution in [1.82, 2.24) is 34.1 Å². The van der Waals surface area contributed by atoms with Crippen LogP contribution in [0, 0.1) is 28.8 Å². The molecular weight excluding hydrogens is 479 g/mol. The normalized spacial score (nSPS) is 12.7. The van der Waals surface area contributed by atoms with Crippen molar-refractivity contribution in [3.63, 3.8) is 0 Å². The predicted molar refractivity (Wildman–Crippen MR) is 118 cm³/mol. The molecule has 4 aromatic rings. The molecule has 1 N–H and O–H groups in total. The molecule has 1 aliphatic rings. The summed E-state index contributed by atoms with van der Waals surface area (Å²) in [4.78, 5) is 32.9. The molecule has 0 aliphatic carbocycles. The van der Waals surface area contributed by atoms with Crippen LogP contribution in [-0.2, 0) is 39.6 Å². The number of hydrogen-bond donors (Lipinski definition) is 1. The summed E-state index contributed by atoms with van der Waals surface area (Å²) < 4.78 is 44.9. The van der Waals surface area contributed by atoms with Crippen molar-refractivity contribution in [2.24, 2.45) is 7.05 Å². The molecule has 1 aliphatic heterocycles. The van der Waals surface area contributed by atoms with Crippen molar-refractivity contribution < 1.29 is 13.2 Å². The van der Waals surface area contributed by atoms with Crippen LogP contribution in [0.2, 0.25) is 0 Å². The van der Waals surface area contributed by atoms with Crippen LogP contribution in [0.15, 0.2) is 34.2 Å². The average molecular weight is 497 g/mol. The van der Waals surface area contributed by atoms with E-state index in [1.165, 1.54) is 11.0 Å². The molecule has 11 nitrogen and oxygen atoms in total. The summed E-state index contributed by atoms with van der Waals surface area (Å²) in [5.41, 5.74) is 0.0711. The van der Waals surface area contributed by atoms with Gasteiger partial charge in [0.25, 0.3) is 5.56 Å². The van der Waals surface area contributed by atoms with E-state index in [-0.39, 0.29) is 48.8 Å². The zero-order valence-electron chi connectivity index (χ0n) is 18.9. The van der Waals surface area contributed by atoms with E-state index in [1.807, 2.05) is 6.07 Å². The fraction of sp³-hybridized carbons (Fsp3) is 0.273. The number of halogens is 3. The van der Waals surface area contributed by atoms with Crippen molar-refractivity contribution in [1.29, 1.82) is 5.26 Å². The quantitative estimate of drug-likeness (QED) is 0.393. The minimum Gasteiger partial charge on any atom is -0.347 e. The van der Waals surface area contributed by atoms with E-state index in [0.29, 0.717) is 0 Å². The minimum absolute atomic E-state index is 0.00398. The van der Waals surface area contributed by atoms with Gasteiger partial charge in [-0.25, -0.2) is 22.9 Å². The highest BCUT2D eigenvalue weighted by atomic mass is 19.2. The number of anilines is 1. The molecule has 0 unspecified atom stereocenters. The largest absolute Gasteiger partial charge is 0.347 e. The van der Waals surface area contributed by atoms with E-state index < -0.39 is 35.2 Å². The highest BCUT2D eigenvalue weighted by molar-refractivity contribution is 5.53. The predicted octanol–water partition coefficient (Wildman–Crippen LogP) is 0.962. The summed E-state index contributed by atoms with van der Waals surface area (Å²) >= 11 is 0. The maximum absolute atomic E-state index is 14.0. The lowest BCUT2D eigenvalue weighted by Crippen LogP contribution is -2.45. The van der Waals surface area contributed by atoms with Crippen LogP contribution in [0.25, 0.3) is 0 Å². The third kappa shape index (κ3) is 3.94. The average Bonchev–Trinajstić information content (AvgIpc) is 3.55. The van der Waals surface area contributed by atoms with Gasteiger partial charge >= 0.3 is 5.69 Å². The second kappa shape index (κ2) is 8.84. The molecular formula is C22H18F3N9O2. The number of benzene rings is 1. The van der Waals surface area contributed by atoms with Crippen LogP contribution in [-0.4, -0.2) is 34.1 Å². The van der Waals surface area contributed by atoms with Crippen LogP contribution in [0.4, 0.5) is 19.0 Å². The lowest BCUT2D eigenvalue weighted by Gasteiger charge is -2.25. The zero-order valence-corrected chi connectivity index (χ0v) is 18.9. The monoisotopic (exact) mass is 497 g/mol. The molecule has 0 amide bonds. The molecule has 0 spiro atoms. The van der Waals surface area contributed by atoms with E-state index in [4.69, 9.17) is 0 Å². The number of aryl methyl sites for hydroxylation is 1. The Morgan fingerprint density at radius 3 is 2.53 bits per heavy atom. The Morgan fingerprint density at radius 1 is 1.14 bits per heavy atom. The number of aromatic amines is 1. The van der Waals surface area contributed by atoms with Crippen molar-refractivity contribution in [3.8, 4) is 6.07 Å². The van der Waals surface area contributed by atoms with Crippen molar-refractivity contribution in [2.45, 2.75) is 32.6 Å². The van der Waals surface area contributed by atoms with E-state index in [2.05, 4.69) is 20.3 Å². The highest BCUT2D eigenvalue weighted by Crippen LogP contribution is 2.29. The first-order chi connectivity index (χ1) is 17.3. The van der Waals surface area contributed by atoms with Gasteiger partial charge in [-0.1, -0.05) is 0 Å². The van der Waals surface area contributed by atoms with Gasteiger partial charge in [0, 0.05) is 25.6 Å². The number of H-pyrrole nitrogens is 1. The number of nitrogens with zero attached hydrogens (tertiary/aromatic N) is 8. The Hall–Kier alpha value is -4.67. The second-order valence-corrected chi connectivity index (χ2v) is 8.33. The topological polar surface area (TPSA) is 130 Å². The number of nitriles is 1. The van der Waals surface area contributed by atoms with Gasteiger partial charge in [-0.05, 0) is 17.7 Å². The summed E-state index contributed by atoms with van der Waals surface area (Å²) in [6.07, 6.45) is 2.69. The highest BCUT2D eigenvalue weighted by Gasteiger charge is 2.29. The fourth-order valence-corrected chi connectivity index (χ4v) is 4.34. The molecule has 0 atom stereocenters. The molecule has 4 heterocycles. The number of aromatic nitrogens is 7. The van der Waals surface area contributed by atoms with Crippen molar-refractivity contribution in [2.75, 3.05) is 4.90 Å². The molecule has 184 valence electrons. The molecule has 1 aromatic carbocycles. The third-order valence-electron chi connectivity index (χ3n) is 5.91. The maximum atomic E-state index is 14.0. The summed E-state index contributed by atoms with van der Waals surface area (Å²) in [6, 6.07) is 3.52. The van der Waals surface area contributed by atoms with Crippen LogP contribution in [0.5, 0.6) is 0 Å². The molecule has 5 rings (SSSR count). The van der Waals surface area contributed by atoms with Gasteiger partial charge in [0.2, 0.25) is 0 Å². The lowest BCUT2D eigenvalue weighted by atomic mass is 10.0. The maximum Gasteiger partial charge on any atom is 0.333 e. The van der Waals surface area contributed by atoms with E-state index in [1.54, 1.807) is 18.1 Å². The second-order valence-electron chi connectivity index (χ2n) is 8.33. The van der Waals surface area contributed by atoms with E-state index in [0.717, 1.165) is 32.5 Å². The fourth-order valence-electron chi connectivity index (χ4n) is 4.34. The minimum atomic E-state index is -1.63. The first-order valence-corrected chi connectivity index (χ1v) is 10.7. The van der Waals surface area contributed by atoms with E-state index >= 15 is 0 Å². The lowest BCUT2D eigenvalue weighted by molar-refractivity contribution is 0.445. The van der Waals surface area contributed by atoms with Crippen molar-refractivity contribution in [3.05, 3.63) is 91.2 Å². The summed E-state index contributed by atoms with van der Waals surface area (Å²) in [5, 5.41) is 20.4. The van der Waals surface area contributed by atoms with E-state index in [9.17, 15) is 28.0 Å². The van der Waals surface area contributed by atoms with Gasteiger partial charge < -0.3 is 4.90 Å². The Balaban J connectivity index is 1.72. The van der Waals surface area contributed by atoms with Crippen LogP contribution in [0.1, 0.15) is 28.2 Å². The van der Waals surface area contributed by atoms with Gasteiger partial charge in [-0.3, -0.25) is 23.7 Å². The Labute approximate surface area is 200 Å². The third-order valence-corrected chi connectivity index (χ3v) is 5.91. The molecule has 0 bridgehead atoms. The van der Waals surface area contributed by atoms with Gasteiger partial charge in [0.1, 0.15) is 18.7 Å². The summed E-state index contributed by atoms with van der Waals surface area (Å²) in [6.45, 7) is -0.149.